The second-order valence-electron chi connectivity index (χ2n) is 6.15. The van der Waals surface area contributed by atoms with Crippen LogP contribution in [0, 0.1) is 5.92 Å². The highest BCUT2D eigenvalue weighted by Crippen LogP contribution is 2.31. The Labute approximate surface area is 125 Å². The molecule has 2 fully saturated rings. The Kier molecular flexibility index (Phi) is 4.58. The van der Waals surface area contributed by atoms with E-state index in [0.29, 0.717) is 6.61 Å². The van der Waals surface area contributed by atoms with E-state index in [4.69, 9.17) is 9.72 Å². The summed E-state index contributed by atoms with van der Waals surface area (Å²) in [6.45, 7) is 6.21. The predicted octanol–water partition coefficient (Wildman–Crippen LogP) is 2.78. The Balaban J connectivity index is 1.70. The Morgan fingerprint density at radius 2 is 2.25 bits per heavy atom. The second kappa shape index (κ2) is 6.41. The van der Waals surface area contributed by atoms with Gasteiger partial charge in [0.2, 0.25) is 0 Å². The van der Waals surface area contributed by atoms with Crippen molar-refractivity contribution in [2.24, 2.45) is 5.92 Å². The normalized spacial score (nSPS) is 23.3. The van der Waals surface area contributed by atoms with E-state index >= 15 is 0 Å². The number of anilines is 1. The van der Waals surface area contributed by atoms with E-state index in [1.54, 1.807) is 7.11 Å². The standard InChI is InChI=1S/C15H25N3OS/c1-11-4-3-7-18(9-11)15-17-13(10-19-2)14(20-15)8-16-12-5-6-12/h11-12,16H,3-10H2,1-2H3. The number of rotatable bonds is 6. The summed E-state index contributed by atoms with van der Waals surface area (Å²) in [6, 6.07) is 0.742. The molecule has 112 valence electrons. The second-order valence-corrected chi connectivity index (χ2v) is 7.21. The molecule has 0 amide bonds. The summed E-state index contributed by atoms with van der Waals surface area (Å²) in [6.07, 6.45) is 5.29. The van der Waals surface area contributed by atoms with E-state index in [-0.39, 0.29) is 0 Å². The SMILES string of the molecule is COCc1nc(N2CCCC(C)C2)sc1CNC1CC1. The lowest BCUT2D eigenvalue weighted by Crippen LogP contribution is -2.34. The molecule has 3 rings (SSSR count). The summed E-state index contributed by atoms with van der Waals surface area (Å²) < 4.78 is 5.31. The number of nitrogens with zero attached hydrogens (tertiary/aromatic N) is 2. The Morgan fingerprint density at radius 1 is 1.40 bits per heavy atom. The molecule has 5 heteroatoms. The molecule has 2 heterocycles. The predicted molar refractivity (Wildman–Crippen MR) is 83.3 cm³/mol. The molecule has 1 aliphatic heterocycles. The molecule has 4 nitrogen and oxygen atoms in total. The van der Waals surface area contributed by atoms with Gasteiger partial charge >= 0.3 is 0 Å². The molecule has 0 spiro atoms. The zero-order valence-electron chi connectivity index (χ0n) is 12.5. The van der Waals surface area contributed by atoms with Gasteiger partial charge in [-0.2, -0.15) is 0 Å². The van der Waals surface area contributed by atoms with Crippen LogP contribution in [0.4, 0.5) is 5.13 Å². The molecule has 1 aliphatic carbocycles. The average molecular weight is 295 g/mol. The van der Waals surface area contributed by atoms with E-state index < -0.39 is 0 Å². The molecule has 1 aromatic rings. The summed E-state index contributed by atoms with van der Waals surface area (Å²) in [5.41, 5.74) is 1.12. The third-order valence-corrected chi connectivity index (χ3v) is 5.26. The first-order chi connectivity index (χ1) is 9.76. The summed E-state index contributed by atoms with van der Waals surface area (Å²) in [7, 11) is 1.75. The Hall–Kier alpha value is -0.650. The van der Waals surface area contributed by atoms with Gasteiger partial charge in [0.05, 0.1) is 12.3 Å². The van der Waals surface area contributed by atoms with Crippen molar-refractivity contribution in [3.05, 3.63) is 10.6 Å². The van der Waals surface area contributed by atoms with Crippen LogP contribution in [-0.2, 0) is 17.9 Å². The van der Waals surface area contributed by atoms with Crippen LogP contribution in [0.15, 0.2) is 0 Å². The maximum Gasteiger partial charge on any atom is 0.185 e. The lowest BCUT2D eigenvalue weighted by Gasteiger charge is -2.30. The van der Waals surface area contributed by atoms with Crippen LogP contribution in [0.5, 0.6) is 0 Å². The van der Waals surface area contributed by atoms with Gasteiger partial charge in [0, 0.05) is 37.7 Å². The van der Waals surface area contributed by atoms with E-state index in [2.05, 4.69) is 17.1 Å². The molecule has 1 unspecified atom stereocenters. The van der Waals surface area contributed by atoms with Crippen LogP contribution < -0.4 is 10.2 Å². The van der Waals surface area contributed by atoms with Gasteiger partial charge in [-0.3, -0.25) is 0 Å². The topological polar surface area (TPSA) is 37.4 Å². The number of nitrogens with one attached hydrogen (secondary N) is 1. The van der Waals surface area contributed by atoms with Gasteiger partial charge in [-0.25, -0.2) is 4.98 Å². The van der Waals surface area contributed by atoms with Gasteiger partial charge < -0.3 is 15.0 Å². The van der Waals surface area contributed by atoms with Crippen molar-refractivity contribution < 1.29 is 4.74 Å². The number of methoxy groups -OCH3 is 1. The smallest absolute Gasteiger partial charge is 0.185 e. The number of ether oxygens (including phenoxy) is 1. The molecule has 0 aromatic carbocycles. The molecular weight excluding hydrogens is 270 g/mol. The lowest BCUT2D eigenvalue weighted by molar-refractivity contribution is 0.181. The molecule has 1 N–H and O–H groups in total. The van der Waals surface area contributed by atoms with Crippen LogP contribution in [0.1, 0.15) is 43.2 Å². The first-order valence-electron chi connectivity index (χ1n) is 7.72. The largest absolute Gasteiger partial charge is 0.378 e. The Morgan fingerprint density at radius 3 is 2.95 bits per heavy atom. The van der Waals surface area contributed by atoms with Crippen molar-refractivity contribution in [3.8, 4) is 0 Å². The van der Waals surface area contributed by atoms with Crippen molar-refractivity contribution >= 4 is 16.5 Å². The lowest BCUT2D eigenvalue weighted by atomic mass is 10.0. The van der Waals surface area contributed by atoms with E-state index in [9.17, 15) is 0 Å². The first kappa shape index (κ1) is 14.3. The number of thiazole rings is 1. The fourth-order valence-corrected chi connectivity index (χ4v) is 3.83. The van der Waals surface area contributed by atoms with E-state index in [0.717, 1.165) is 37.3 Å². The summed E-state index contributed by atoms with van der Waals surface area (Å²) in [4.78, 5) is 8.65. The van der Waals surface area contributed by atoms with Crippen LogP contribution in [0.3, 0.4) is 0 Å². The average Bonchev–Trinajstić information content (AvgIpc) is 3.18. The van der Waals surface area contributed by atoms with Crippen molar-refractivity contribution in [3.63, 3.8) is 0 Å². The van der Waals surface area contributed by atoms with Gasteiger partial charge in [0.25, 0.3) is 0 Å². The molecular formula is C15H25N3OS. The minimum Gasteiger partial charge on any atom is -0.378 e. The number of hydrogen-bond acceptors (Lipinski definition) is 5. The minimum absolute atomic E-state index is 0.627. The van der Waals surface area contributed by atoms with E-state index in [1.807, 2.05) is 11.3 Å². The highest BCUT2D eigenvalue weighted by molar-refractivity contribution is 7.15. The third-order valence-electron chi connectivity index (χ3n) is 4.10. The molecule has 1 saturated heterocycles. The molecule has 1 atom stereocenters. The number of hydrogen-bond donors (Lipinski definition) is 1. The fourth-order valence-electron chi connectivity index (χ4n) is 2.78. The summed E-state index contributed by atoms with van der Waals surface area (Å²) in [5.74, 6) is 0.784. The van der Waals surface area contributed by atoms with Gasteiger partial charge in [0.15, 0.2) is 5.13 Å². The molecule has 2 aliphatic rings. The van der Waals surface area contributed by atoms with Crippen molar-refractivity contribution in [2.75, 3.05) is 25.1 Å². The molecule has 1 saturated carbocycles. The van der Waals surface area contributed by atoms with Crippen molar-refractivity contribution in [1.82, 2.24) is 10.3 Å². The van der Waals surface area contributed by atoms with Crippen LogP contribution in [0.25, 0.3) is 0 Å². The van der Waals surface area contributed by atoms with Crippen LogP contribution in [-0.4, -0.2) is 31.2 Å². The molecule has 0 bridgehead atoms. The zero-order chi connectivity index (χ0) is 13.9. The van der Waals surface area contributed by atoms with Crippen LogP contribution >= 0.6 is 11.3 Å². The van der Waals surface area contributed by atoms with Gasteiger partial charge in [0.1, 0.15) is 0 Å². The monoisotopic (exact) mass is 295 g/mol. The highest BCUT2D eigenvalue weighted by atomic mass is 32.1. The van der Waals surface area contributed by atoms with Gasteiger partial charge in [-0.1, -0.05) is 6.92 Å². The summed E-state index contributed by atoms with van der Waals surface area (Å²) in [5, 5.41) is 4.78. The number of aromatic nitrogens is 1. The Bertz CT molecular complexity index is 444. The summed E-state index contributed by atoms with van der Waals surface area (Å²) >= 11 is 1.85. The maximum atomic E-state index is 5.31. The fraction of sp³-hybridized carbons (Fsp3) is 0.800. The highest BCUT2D eigenvalue weighted by Gasteiger charge is 2.24. The quantitative estimate of drug-likeness (QED) is 0.875. The molecule has 1 aromatic heterocycles. The molecule has 20 heavy (non-hydrogen) atoms. The van der Waals surface area contributed by atoms with Crippen molar-refractivity contribution in [1.29, 1.82) is 0 Å². The minimum atomic E-state index is 0.627. The van der Waals surface area contributed by atoms with Crippen molar-refractivity contribution in [2.45, 2.75) is 51.8 Å². The van der Waals surface area contributed by atoms with Crippen LogP contribution in [0.2, 0.25) is 0 Å². The first-order valence-corrected chi connectivity index (χ1v) is 8.53. The maximum absolute atomic E-state index is 5.31. The molecule has 0 radical (unpaired) electrons. The van der Waals surface area contributed by atoms with Gasteiger partial charge in [-0.05, 0) is 31.6 Å². The number of piperidine rings is 1. The zero-order valence-corrected chi connectivity index (χ0v) is 13.3. The van der Waals surface area contributed by atoms with Gasteiger partial charge in [-0.15, -0.1) is 11.3 Å². The third kappa shape index (κ3) is 3.51. The van der Waals surface area contributed by atoms with E-state index in [1.165, 1.54) is 35.7 Å².